The van der Waals surface area contributed by atoms with Crippen molar-refractivity contribution in [1.29, 1.82) is 0 Å². The number of ether oxygens (including phenoxy) is 3. The third-order valence-electron chi connectivity index (χ3n) is 5.00. The zero-order valence-corrected chi connectivity index (χ0v) is 15.1. The molecule has 2 unspecified atom stereocenters. The molecule has 0 N–H and O–H groups in total. The van der Waals surface area contributed by atoms with Crippen molar-refractivity contribution in [2.45, 2.75) is 18.6 Å². The van der Waals surface area contributed by atoms with E-state index in [9.17, 15) is 0 Å². The van der Waals surface area contributed by atoms with Gasteiger partial charge in [0.05, 0.1) is 19.3 Å². The lowest BCUT2D eigenvalue weighted by Crippen LogP contribution is -2.07. The van der Waals surface area contributed by atoms with Crippen LogP contribution in [0.1, 0.15) is 5.56 Å². The van der Waals surface area contributed by atoms with Crippen LogP contribution in [-0.2, 0) is 15.9 Å². The van der Waals surface area contributed by atoms with E-state index in [2.05, 4.69) is 60.7 Å². The SMILES string of the molecule is c1ccc(-c2cc(CC3CO3)cc(-c3ccccc3)c2OCC2CO2)cc1. The molecule has 136 valence electrons. The Morgan fingerprint density at radius 2 is 1.26 bits per heavy atom. The fraction of sp³-hybridized carbons (Fsp3) is 0.250. The van der Waals surface area contributed by atoms with Gasteiger partial charge in [-0.1, -0.05) is 60.7 Å². The molecule has 2 aliphatic heterocycles. The zero-order valence-electron chi connectivity index (χ0n) is 15.1. The molecule has 2 aliphatic rings. The first-order valence-corrected chi connectivity index (χ1v) is 9.50. The second kappa shape index (κ2) is 7.18. The Bertz CT molecular complexity index is 852. The van der Waals surface area contributed by atoms with Crippen LogP contribution in [0.5, 0.6) is 5.75 Å². The fourth-order valence-electron chi connectivity index (χ4n) is 3.42. The molecule has 0 aliphatic carbocycles. The van der Waals surface area contributed by atoms with Crippen molar-refractivity contribution in [2.75, 3.05) is 19.8 Å². The molecule has 3 nitrogen and oxygen atoms in total. The van der Waals surface area contributed by atoms with Gasteiger partial charge in [0.15, 0.2) is 0 Å². The summed E-state index contributed by atoms with van der Waals surface area (Å²) in [6, 6.07) is 25.4. The normalized spacial score (nSPS) is 20.3. The molecule has 0 aromatic heterocycles. The molecule has 27 heavy (non-hydrogen) atoms. The van der Waals surface area contributed by atoms with E-state index in [1.54, 1.807) is 0 Å². The Morgan fingerprint density at radius 1 is 0.741 bits per heavy atom. The Hall–Kier alpha value is -2.62. The molecular weight excluding hydrogens is 336 g/mol. The minimum atomic E-state index is 0.219. The lowest BCUT2D eigenvalue weighted by molar-refractivity contribution is 0.264. The van der Waals surface area contributed by atoms with Crippen molar-refractivity contribution in [2.24, 2.45) is 0 Å². The summed E-state index contributed by atoms with van der Waals surface area (Å²) in [6.07, 6.45) is 1.51. The van der Waals surface area contributed by atoms with Gasteiger partial charge in [-0.3, -0.25) is 0 Å². The van der Waals surface area contributed by atoms with Crippen molar-refractivity contribution in [3.8, 4) is 28.0 Å². The van der Waals surface area contributed by atoms with E-state index in [4.69, 9.17) is 14.2 Å². The largest absolute Gasteiger partial charge is 0.489 e. The Labute approximate surface area is 159 Å². The Balaban J connectivity index is 1.65. The predicted octanol–water partition coefficient (Wildman–Crippen LogP) is 4.74. The minimum Gasteiger partial charge on any atom is -0.489 e. The van der Waals surface area contributed by atoms with Crippen LogP contribution in [0.3, 0.4) is 0 Å². The molecule has 3 aromatic carbocycles. The monoisotopic (exact) mass is 358 g/mol. The summed E-state index contributed by atoms with van der Waals surface area (Å²) in [7, 11) is 0. The van der Waals surface area contributed by atoms with Gasteiger partial charge >= 0.3 is 0 Å². The molecule has 5 rings (SSSR count). The van der Waals surface area contributed by atoms with E-state index in [0.717, 1.165) is 36.5 Å². The van der Waals surface area contributed by atoms with Crippen LogP contribution in [0, 0.1) is 0 Å². The van der Waals surface area contributed by atoms with E-state index in [0.29, 0.717) is 12.7 Å². The predicted molar refractivity (Wildman–Crippen MR) is 106 cm³/mol. The highest BCUT2D eigenvalue weighted by Gasteiger charge is 2.27. The van der Waals surface area contributed by atoms with Gasteiger partial charge in [-0.05, 0) is 28.8 Å². The molecule has 0 spiro atoms. The lowest BCUT2D eigenvalue weighted by atomic mass is 9.93. The Kier molecular flexibility index (Phi) is 4.40. The van der Waals surface area contributed by atoms with E-state index >= 15 is 0 Å². The van der Waals surface area contributed by atoms with Crippen LogP contribution < -0.4 is 4.74 Å². The van der Waals surface area contributed by atoms with Gasteiger partial charge in [-0.15, -0.1) is 0 Å². The molecule has 2 saturated heterocycles. The minimum absolute atomic E-state index is 0.219. The second-order valence-electron chi connectivity index (χ2n) is 7.18. The van der Waals surface area contributed by atoms with Gasteiger partial charge in [-0.2, -0.15) is 0 Å². The van der Waals surface area contributed by atoms with Gasteiger partial charge < -0.3 is 14.2 Å². The highest BCUT2D eigenvalue weighted by Crippen LogP contribution is 2.41. The molecular formula is C24H22O3. The summed E-state index contributed by atoms with van der Waals surface area (Å²) < 4.78 is 17.2. The van der Waals surface area contributed by atoms with Crippen molar-refractivity contribution < 1.29 is 14.2 Å². The van der Waals surface area contributed by atoms with Gasteiger partial charge in [0, 0.05) is 17.5 Å². The summed E-state index contributed by atoms with van der Waals surface area (Å²) in [6.45, 7) is 2.24. The lowest BCUT2D eigenvalue weighted by Gasteiger charge is -2.18. The van der Waals surface area contributed by atoms with Crippen molar-refractivity contribution >= 4 is 0 Å². The highest BCUT2D eigenvalue weighted by molar-refractivity contribution is 5.83. The fourth-order valence-corrected chi connectivity index (χ4v) is 3.42. The molecule has 0 amide bonds. The molecule has 2 atom stereocenters. The molecule has 0 bridgehead atoms. The van der Waals surface area contributed by atoms with E-state index < -0.39 is 0 Å². The van der Waals surface area contributed by atoms with Crippen molar-refractivity contribution in [1.82, 2.24) is 0 Å². The second-order valence-corrected chi connectivity index (χ2v) is 7.18. The van der Waals surface area contributed by atoms with Crippen LogP contribution in [0.4, 0.5) is 0 Å². The molecule has 0 saturated carbocycles. The zero-order chi connectivity index (χ0) is 18.1. The summed E-state index contributed by atoms with van der Waals surface area (Å²) >= 11 is 0. The Morgan fingerprint density at radius 3 is 1.74 bits per heavy atom. The van der Waals surface area contributed by atoms with Gasteiger partial charge in [0.2, 0.25) is 0 Å². The van der Waals surface area contributed by atoms with Crippen molar-refractivity contribution in [3.05, 3.63) is 78.4 Å². The first-order valence-electron chi connectivity index (χ1n) is 9.50. The number of hydrogen-bond acceptors (Lipinski definition) is 3. The number of hydrogen-bond donors (Lipinski definition) is 0. The van der Waals surface area contributed by atoms with E-state index in [1.807, 2.05) is 12.1 Å². The first kappa shape index (κ1) is 16.5. The third-order valence-corrected chi connectivity index (χ3v) is 5.00. The van der Waals surface area contributed by atoms with E-state index in [-0.39, 0.29) is 6.10 Å². The number of rotatable bonds is 7. The highest BCUT2D eigenvalue weighted by atomic mass is 16.6. The molecule has 3 aromatic rings. The molecule has 2 fully saturated rings. The maximum atomic E-state index is 6.32. The van der Waals surface area contributed by atoms with Gasteiger partial charge in [-0.25, -0.2) is 0 Å². The smallest absolute Gasteiger partial charge is 0.135 e. The average Bonchev–Trinajstić information content (AvgIpc) is 3.64. The summed E-state index contributed by atoms with van der Waals surface area (Å²) in [4.78, 5) is 0. The number of benzene rings is 3. The first-order chi connectivity index (χ1) is 13.4. The van der Waals surface area contributed by atoms with Crippen LogP contribution in [0.2, 0.25) is 0 Å². The molecule has 2 heterocycles. The number of epoxide rings is 2. The van der Waals surface area contributed by atoms with E-state index in [1.165, 1.54) is 16.7 Å². The van der Waals surface area contributed by atoms with Crippen LogP contribution in [-0.4, -0.2) is 32.0 Å². The third kappa shape index (κ3) is 3.90. The standard InChI is InChI=1S/C24H22O3/c1-3-7-18(8-4-1)22-12-17(11-20-14-25-20)13-23(19-9-5-2-6-10-19)24(22)27-16-21-15-26-21/h1-10,12-13,20-21H,11,14-16H2. The maximum absolute atomic E-state index is 6.32. The topological polar surface area (TPSA) is 34.3 Å². The summed E-state index contributed by atoms with van der Waals surface area (Å²) in [5.41, 5.74) is 5.88. The molecule has 3 heteroatoms. The van der Waals surface area contributed by atoms with Crippen LogP contribution in [0.15, 0.2) is 72.8 Å². The van der Waals surface area contributed by atoms with Gasteiger partial charge in [0.25, 0.3) is 0 Å². The summed E-state index contributed by atoms with van der Waals surface area (Å²) in [5, 5.41) is 0. The van der Waals surface area contributed by atoms with Gasteiger partial charge in [0.1, 0.15) is 18.5 Å². The quantitative estimate of drug-likeness (QED) is 0.572. The summed E-state index contributed by atoms with van der Waals surface area (Å²) in [5.74, 6) is 0.934. The van der Waals surface area contributed by atoms with Crippen molar-refractivity contribution in [3.63, 3.8) is 0 Å². The molecule has 0 radical (unpaired) electrons. The average molecular weight is 358 g/mol. The van der Waals surface area contributed by atoms with Crippen LogP contribution >= 0.6 is 0 Å². The maximum Gasteiger partial charge on any atom is 0.135 e. The van der Waals surface area contributed by atoms with Crippen LogP contribution in [0.25, 0.3) is 22.3 Å².